The second-order valence-electron chi connectivity index (χ2n) is 11.7. The first-order valence-corrected chi connectivity index (χ1v) is 16.6. The number of aryl methyl sites for hydroxylation is 1. The summed E-state index contributed by atoms with van der Waals surface area (Å²) in [6.45, 7) is 19.8. The van der Waals surface area contributed by atoms with Crippen LogP contribution < -0.4 is 5.32 Å². The zero-order valence-electron chi connectivity index (χ0n) is 28.0. The normalized spacial score (nSPS) is 21.2. The van der Waals surface area contributed by atoms with Crippen LogP contribution in [0.15, 0.2) is 59.1 Å². The molecule has 1 aliphatic carbocycles. The average molecular weight is 693 g/mol. The van der Waals surface area contributed by atoms with E-state index in [0.29, 0.717) is 11.5 Å². The number of imidazole rings is 1. The maximum absolute atomic E-state index is 12.0. The Bertz CT molecular complexity index is 1320. The molecule has 244 valence electrons. The van der Waals surface area contributed by atoms with E-state index in [1.165, 1.54) is 5.56 Å². The van der Waals surface area contributed by atoms with Crippen LogP contribution >= 0.6 is 27.5 Å². The number of halogens is 2. The first kappa shape index (κ1) is 37.8. The number of rotatable bonds is 4. The van der Waals surface area contributed by atoms with Gasteiger partial charge in [-0.2, -0.15) is 0 Å². The molecule has 3 heterocycles. The van der Waals surface area contributed by atoms with Crippen LogP contribution in [0.1, 0.15) is 78.3 Å². The third kappa shape index (κ3) is 9.30. The summed E-state index contributed by atoms with van der Waals surface area (Å²) in [5.41, 5.74) is 3.24. The Morgan fingerprint density at radius 2 is 1.70 bits per heavy atom. The highest BCUT2D eigenvalue weighted by molar-refractivity contribution is 9.11. The second kappa shape index (κ2) is 16.8. The minimum absolute atomic E-state index is 0.0504. The number of aliphatic hydroxyl groups is 1. The molecule has 0 radical (unpaired) electrons. The summed E-state index contributed by atoms with van der Waals surface area (Å²) in [4.78, 5) is 18.8. The molecule has 44 heavy (non-hydrogen) atoms. The van der Waals surface area contributed by atoms with E-state index in [4.69, 9.17) is 11.6 Å². The Balaban J connectivity index is 0.000000536. The number of benzene rings is 1. The van der Waals surface area contributed by atoms with Crippen molar-refractivity contribution in [3.63, 3.8) is 0 Å². The largest absolute Gasteiger partial charge is 0.462 e. The van der Waals surface area contributed by atoms with Crippen LogP contribution in [0.5, 0.6) is 0 Å². The minimum Gasteiger partial charge on any atom is -0.462 e. The lowest BCUT2D eigenvalue weighted by Gasteiger charge is -2.42. The Labute approximate surface area is 277 Å². The lowest BCUT2D eigenvalue weighted by atomic mass is 9.84. The third-order valence-electron chi connectivity index (χ3n) is 7.49. The van der Waals surface area contributed by atoms with Crippen LogP contribution in [0.2, 0.25) is 5.02 Å². The van der Waals surface area contributed by atoms with Gasteiger partial charge in [0.2, 0.25) is 0 Å². The van der Waals surface area contributed by atoms with Gasteiger partial charge in [-0.25, -0.2) is 4.98 Å². The number of allylic oxidation sites excluding steroid dienone is 2. The number of likely N-dealkylation sites (N-methyl/N-ethyl adjacent to an activating group) is 1. The molecule has 10 heteroatoms. The standard InChI is InChI=1S/C25H29BrClN5O.C5H10O2.2C2H6/c1-25(33,22-14-28-15-31(22)3)21-11-16-10-17(26)13-29-23(16)24(32-8-6-30(2)7-9-32)19-5-4-18(27)12-20(19)21;1-5(2,3)7-4-6;2*1-2/h4-5,10-15,23-24,29,33H,6-9H2,1-3H3;4H,1-3H3;2*1-2H3/t23?,24-,25?;;;/m1.../s1. The van der Waals surface area contributed by atoms with Gasteiger partial charge in [0, 0.05) is 48.9 Å². The van der Waals surface area contributed by atoms with E-state index in [1.54, 1.807) is 12.5 Å². The van der Waals surface area contributed by atoms with E-state index < -0.39 is 5.60 Å². The van der Waals surface area contributed by atoms with E-state index >= 15 is 0 Å². The predicted molar refractivity (Wildman–Crippen MR) is 186 cm³/mol. The number of ether oxygens (including phenoxy) is 1. The molecule has 2 N–H and O–H groups in total. The number of aromatic nitrogens is 2. The van der Waals surface area contributed by atoms with Gasteiger partial charge in [0.1, 0.15) is 11.2 Å². The molecule has 1 saturated heterocycles. The number of nitrogens with one attached hydrogen (secondary N) is 1. The Morgan fingerprint density at radius 3 is 2.23 bits per heavy atom. The van der Waals surface area contributed by atoms with Gasteiger partial charge < -0.3 is 24.6 Å². The SMILES string of the molecule is CC.CC.CC(C)(C)OC=O.CN1CCN([C@@H]2c3ccc(Cl)cc3C(C(C)(O)c3cncn3C)=CC3=CC(Br)=CNC32)CC1. The van der Waals surface area contributed by atoms with E-state index in [0.717, 1.165) is 53.1 Å². The molecule has 3 aliphatic rings. The summed E-state index contributed by atoms with van der Waals surface area (Å²) in [5, 5.41) is 16.3. The Hall–Kier alpha value is -2.43. The summed E-state index contributed by atoms with van der Waals surface area (Å²) in [6, 6.07) is 6.24. The molecule has 3 atom stereocenters. The minimum atomic E-state index is -1.26. The van der Waals surface area contributed by atoms with Crippen molar-refractivity contribution in [1.29, 1.82) is 0 Å². The zero-order chi connectivity index (χ0) is 33.2. The third-order valence-corrected chi connectivity index (χ3v) is 8.18. The molecule has 2 unspecified atom stereocenters. The molecule has 5 rings (SSSR count). The van der Waals surface area contributed by atoms with Crippen molar-refractivity contribution in [2.45, 2.75) is 78.7 Å². The summed E-state index contributed by atoms with van der Waals surface area (Å²) in [5.74, 6) is 0. The predicted octanol–water partition coefficient (Wildman–Crippen LogP) is 6.81. The van der Waals surface area contributed by atoms with Gasteiger partial charge in [-0.3, -0.25) is 9.69 Å². The molecular weight excluding hydrogens is 642 g/mol. The van der Waals surface area contributed by atoms with Crippen LogP contribution in [0.3, 0.4) is 0 Å². The number of carbonyl (C=O) groups is 1. The lowest BCUT2D eigenvalue weighted by Crippen LogP contribution is -2.51. The Kier molecular flexibility index (Phi) is 14.4. The van der Waals surface area contributed by atoms with Crippen LogP contribution in [-0.4, -0.2) is 75.8 Å². The highest BCUT2D eigenvalue weighted by atomic mass is 79.9. The molecule has 8 nitrogen and oxygen atoms in total. The van der Waals surface area contributed by atoms with Gasteiger partial charge in [-0.05, 0) is 97.2 Å². The van der Waals surface area contributed by atoms with Gasteiger partial charge in [-0.15, -0.1) is 0 Å². The fourth-order valence-corrected chi connectivity index (χ4v) is 5.99. The smallest absolute Gasteiger partial charge is 0.293 e. The van der Waals surface area contributed by atoms with Gasteiger partial charge in [0.25, 0.3) is 6.47 Å². The fourth-order valence-electron chi connectivity index (χ4n) is 5.42. The number of dihydropyridines is 1. The van der Waals surface area contributed by atoms with Crippen molar-refractivity contribution >= 4 is 39.6 Å². The van der Waals surface area contributed by atoms with Gasteiger partial charge in [-0.1, -0.05) is 45.4 Å². The molecule has 2 aromatic rings. The highest BCUT2D eigenvalue weighted by Gasteiger charge is 2.41. The van der Waals surface area contributed by atoms with Crippen molar-refractivity contribution in [3.8, 4) is 0 Å². The quantitative estimate of drug-likeness (QED) is 0.341. The lowest BCUT2D eigenvalue weighted by molar-refractivity contribution is -0.138. The van der Waals surface area contributed by atoms with Crippen LogP contribution in [0.4, 0.5) is 0 Å². The molecule has 1 aromatic heterocycles. The van der Waals surface area contributed by atoms with Crippen molar-refractivity contribution < 1.29 is 14.6 Å². The number of fused-ring (bicyclic) bond motifs is 2. The number of hydrogen-bond donors (Lipinski definition) is 2. The monoisotopic (exact) mass is 691 g/mol. The van der Waals surface area contributed by atoms with Gasteiger partial charge in [0.05, 0.1) is 30.3 Å². The first-order chi connectivity index (χ1) is 20.8. The first-order valence-electron chi connectivity index (χ1n) is 15.4. The summed E-state index contributed by atoms with van der Waals surface area (Å²) >= 11 is 10.2. The average Bonchev–Trinajstić information content (AvgIpc) is 3.37. The maximum Gasteiger partial charge on any atom is 0.293 e. The van der Waals surface area contributed by atoms with Crippen molar-refractivity contribution in [2.24, 2.45) is 7.05 Å². The van der Waals surface area contributed by atoms with Crippen LogP contribution in [0.25, 0.3) is 5.57 Å². The molecular formula is C34H51BrClN5O3. The molecule has 1 fully saturated rings. The van der Waals surface area contributed by atoms with Gasteiger partial charge in [0.15, 0.2) is 0 Å². The van der Waals surface area contributed by atoms with Crippen molar-refractivity contribution in [3.05, 3.63) is 81.0 Å². The molecule has 0 bridgehead atoms. The van der Waals surface area contributed by atoms with E-state index in [2.05, 4.69) is 66.0 Å². The van der Waals surface area contributed by atoms with E-state index in [-0.39, 0.29) is 17.7 Å². The summed E-state index contributed by atoms with van der Waals surface area (Å²) < 4.78 is 7.40. The zero-order valence-corrected chi connectivity index (χ0v) is 30.3. The second-order valence-corrected chi connectivity index (χ2v) is 13.0. The van der Waals surface area contributed by atoms with E-state index in [1.807, 2.05) is 85.3 Å². The summed E-state index contributed by atoms with van der Waals surface area (Å²) in [6.07, 6.45) is 9.75. The van der Waals surface area contributed by atoms with Crippen LogP contribution in [0, 0.1) is 0 Å². The summed E-state index contributed by atoms with van der Waals surface area (Å²) in [7, 11) is 4.08. The molecule has 2 aliphatic heterocycles. The van der Waals surface area contributed by atoms with E-state index in [9.17, 15) is 9.90 Å². The number of carbonyl (C=O) groups excluding carboxylic acids is 1. The number of piperazine rings is 1. The van der Waals surface area contributed by atoms with Crippen molar-refractivity contribution in [1.82, 2.24) is 24.7 Å². The molecule has 0 spiro atoms. The molecule has 0 saturated carbocycles. The number of nitrogens with zero attached hydrogens (tertiary/aromatic N) is 4. The Morgan fingerprint density at radius 1 is 1.07 bits per heavy atom. The maximum atomic E-state index is 12.0. The molecule has 1 aromatic carbocycles. The van der Waals surface area contributed by atoms with Crippen molar-refractivity contribution in [2.75, 3.05) is 33.2 Å². The van der Waals surface area contributed by atoms with Crippen LogP contribution in [-0.2, 0) is 22.2 Å². The van der Waals surface area contributed by atoms with Gasteiger partial charge >= 0.3 is 0 Å². The fraction of sp³-hybridized carbons (Fsp3) is 0.529. The topological polar surface area (TPSA) is 82.9 Å². The molecule has 0 amide bonds. The number of hydrogen-bond acceptors (Lipinski definition) is 7. The highest BCUT2D eigenvalue weighted by Crippen LogP contribution is 2.46.